The lowest BCUT2D eigenvalue weighted by Crippen LogP contribution is -2.26. The highest BCUT2D eigenvalue weighted by atomic mass is 16.5. The van der Waals surface area contributed by atoms with E-state index in [0.717, 1.165) is 18.0 Å². The highest BCUT2D eigenvalue weighted by Gasteiger charge is 2.12. The molecule has 5 nitrogen and oxygen atoms in total. The van der Waals surface area contributed by atoms with E-state index in [1.807, 2.05) is 12.1 Å². The van der Waals surface area contributed by atoms with Gasteiger partial charge in [0.25, 0.3) is 0 Å². The first kappa shape index (κ1) is 12.9. The lowest BCUT2D eigenvalue weighted by Gasteiger charge is -2.19. The van der Waals surface area contributed by atoms with Crippen LogP contribution >= 0.6 is 0 Å². The van der Waals surface area contributed by atoms with Gasteiger partial charge in [0.1, 0.15) is 12.4 Å². The van der Waals surface area contributed by atoms with E-state index < -0.39 is 0 Å². The topological polar surface area (TPSA) is 59.6 Å². The van der Waals surface area contributed by atoms with Crippen LogP contribution < -0.4 is 15.4 Å². The van der Waals surface area contributed by atoms with Gasteiger partial charge in [-0.1, -0.05) is 0 Å². The van der Waals surface area contributed by atoms with Gasteiger partial charge in [-0.05, 0) is 18.2 Å². The van der Waals surface area contributed by atoms with Crippen LogP contribution in [0.5, 0.6) is 5.75 Å². The summed E-state index contributed by atoms with van der Waals surface area (Å²) in [6, 6.07) is 5.48. The monoisotopic (exact) mass is 250 g/mol. The molecule has 0 bridgehead atoms. The van der Waals surface area contributed by atoms with Gasteiger partial charge in [-0.25, -0.2) is 0 Å². The van der Waals surface area contributed by atoms with Crippen LogP contribution in [0.15, 0.2) is 18.2 Å². The minimum Gasteiger partial charge on any atom is -0.490 e. The number of carbonyl (C=O) groups is 1. The maximum Gasteiger partial charge on any atom is 0.176 e. The number of benzene rings is 1. The van der Waals surface area contributed by atoms with E-state index in [4.69, 9.17) is 9.47 Å². The minimum absolute atomic E-state index is 0.0706. The van der Waals surface area contributed by atoms with Crippen molar-refractivity contribution in [3.05, 3.63) is 23.8 Å². The summed E-state index contributed by atoms with van der Waals surface area (Å²) < 4.78 is 10.4. The number of anilines is 1. The Kier molecular flexibility index (Phi) is 4.55. The number of rotatable bonds is 6. The summed E-state index contributed by atoms with van der Waals surface area (Å²) in [5, 5.41) is 6.26. The zero-order valence-electron chi connectivity index (χ0n) is 10.5. The molecule has 0 aromatic heterocycles. The van der Waals surface area contributed by atoms with Crippen LogP contribution in [0.1, 0.15) is 10.4 Å². The number of nitrogens with one attached hydrogen (secondary N) is 2. The molecule has 98 valence electrons. The molecule has 1 aromatic carbocycles. The molecule has 1 aromatic rings. The summed E-state index contributed by atoms with van der Waals surface area (Å²) in [6.07, 6.45) is 0. The number of Topliss-reactive ketones (excluding diaryl/α,β-unsaturated/α-hetero) is 1. The lowest BCUT2D eigenvalue weighted by molar-refractivity contribution is 0.0987. The Morgan fingerprint density at radius 2 is 2.44 bits per heavy atom. The van der Waals surface area contributed by atoms with Crippen molar-refractivity contribution in [1.29, 1.82) is 0 Å². The number of hydrogen-bond acceptors (Lipinski definition) is 5. The van der Waals surface area contributed by atoms with E-state index in [1.165, 1.54) is 0 Å². The molecule has 1 heterocycles. The molecule has 1 aliphatic heterocycles. The van der Waals surface area contributed by atoms with Crippen molar-refractivity contribution in [1.82, 2.24) is 5.32 Å². The van der Waals surface area contributed by atoms with E-state index in [1.54, 1.807) is 13.2 Å². The van der Waals surface area contributed by atoms with Crippen molar-refractivity contribution in [3.63, 3.8) is 0 Å². The van der Waals surface area contributed by atoms with Gasteiger partial charge in [0.05, 0.1) is 18.8 Å². The average Bonchev–Trinajstić information content (AvgIpc) is 2.43. The lowest BCUT2D eigenvalue weighted by atomic mass is 10.1. The normalized spacial score (nSPS) is 13.4. The van der Waals surface area contributed by atoms with E-state index in [2.05, 4.69) is 10.6 Å². The predicted octanol–water partition coefficient (Wildman–Crippen LogP) is 0.910. The summed E-state index contributed by atoms with van der Waals surface area (Å²) in [5.74, 6) is 0.881. The molecule has 0 spiro atoms. The molecular formula is C13H18N2O3. The second kappa shape index (κ2) is 6.37. The van der Waals surface area contributed by atoms with Crippen LogP contribution in [0.3, 0.4) is 0 Å². The standard InChI is InChI=1S/C13H18N2O3/c1-17-6-4-14-9-12(16)10-2-3-13-11(8-10)15-5-7-18-13/h2-3,8,14-15H,4-7,9H2,1H3. The first-order valence-corrected chi connectivity index (χ1v) is 6.05. The molecule has 18 heavy (non-hydrogen) atoms. The third-order valence-electron chi connectivity index (χ3n) is 2.75. The third kappa shape index (κ3) is 3.21. The highest BCUT2D eigenvalue weighted by Crippen LogP contribution is 2.27. The van der Waals surface area contributed by atoms with Gasteiger partial charge in [-0.3, -0.25) is 4.79 Å². The summed E-state index contributed by atoms with van der Waals surface area (Å²) in [5.41, 5.74) is 1.58. The van der Waals surface area contributed by atoms with Gasteiger partial charge < -0.3 is 20.1 Å². The molecule has 2 rings (SSSR count). The van der Waals surface area contributed by atoms with Crippen molar-refractivity contribution >= 4 is 11.5 Å². The summed E-state index contributed by atoms with van der Waals surface area (Å²) in [6.45, 7) is 3.04. The van der Waals surface area contributed by atoms with Gasteiger partial charge in [0.15, 0.2) is 5.78 Å². The number of methoxy groups -OCH3 is 1. The average molecular weight is 250 g/mol. The number of ether oxygens (including phenoxy) is 2. The Balaban J connectivity index is 1.94. The fraction of sp³-hybridized carbons (Fsp3) is 0.462. The maximum atomic E-state index is 11.9. The Labute approximate surface area is 106 Å². The quantitative estimate of drug-likeness (QED) is 0.580. The summed E-state index contributed by atoms with van der Waals surface area (Å²) >= 11 is 0. The fourth-order valence-electron chi connectivity index (χ4n) is 1.79. The zero-order valence-corrected chi connectivity index (χ0v) is 10.5. The molecule has 0 saturated heterocycles. The molecular weight excluding hydrogens is 232 g/mol. The highest BCUT2D eigenvalue weighted by molar-refractivity contribution is 5.98. The van der Waals surface area contributed by atoms with Crippen LogP contribution in [-0.4, -0.2) is 45.7 Å². The second-order valence-corrected chi connectivity index (χ2v) is 4.08. The third-order valence-corrected chi connectivity index (χ3v) is 2.75. The first-order chi connectivity index (χ1) is 8.81. The van der Waals surface area contributed by atoms with Gasteiger partial charge in [-0.15, -0.1) is 0 Å². The van der Waals surface area contributed by atoms with Crippen LogP contribution in [0, 0.1) is 0 Å². The van der Waals surface area contributed by atoms with Gasteiger partial charge in [0.2, 0.25) is 0 Å². The number of hydrogen-bond donors (Lipinski definition) is 2. The Morgan fingerprint density at radius 3 is 3.28 bits per heavy atom. The number of carbonyl (C=O) groups excluding carboxylic acids is 1. The second-order valence-electron chi connectivity index (χ2n) is 4.08. The predicted molar refractivity (Wildman–Crippen MR) is 69.5 cm³/mol. The van der Waals surface area contributed by atoms with Crippen molar-refractivity contribution in [2.24, 2.45) is 0 Å². The fourth-order valence-corrected chi connectivity index (χ4v) is 1.79. The largest absolute Gasteiger partial charge is 0.490 e. The van der Waals surface area contributed by atoms with E-state index >= 15 is 0 Å². The van der Waals surface area contributed by atoms with Crippen LogP contribution in [0.2, 0.25) is 0 Å². The smallest absolute Gasteiger partial charge is 0.176 e. The molecule has 1 aliphatic rings. The van der Waals surface area contributed by atoms with E-state index in [-0.39, 0.29) is 5.78 Å². The van der Waals surface area contributed by atoms with Crippen molar-refractivity contribution in [2.75, 3.05) is 45.3 Å². The van der Waals surface area contributed by atoms with Crippen LogP contribution in [0.4, 0.5) is 5.69 Å². The SMILES string of the molecule is COCCNCC(=O)c1ccc2c(c1)NCCO2. The van der Waals surface area contributed by atoms with Crippen molar-refractivity contribution in [2.45, 2.75) is 0 Å². The maximum absolute atomic E-state index is 11.9. The van der Waals surface area contributed by atoms with Crippen LogP contribution in [-0.2, 0) is 4.74 Å². The molecule has 5 heteroatoms. The Hall–Kier alpha value is -1.59. The minimum atomic E-state index is 0.0706. The number of ketones is 1. The van der Waals surface area contributed by atoms with E-state index in [9.17, 15) is 4.79 Å². The van der Waals surface area contributed by atoms with Crippen LogP contribution in [0.25, 0.3) is 0 Å². The molecule has 0 saturated carbocycles. The first-order valence-electron chi connectivity index (χ1n) is 6.05. The number of fused-ring (bicyclic) bond motifs is 1. The van der Waals surface area contributed by atoms with Crippen molar-refractivity contribution < 1.29 is 14.3 Å². The summed E-state index contributed by atoms with van der Waals surface area (Å²) in [7, 11) is 1.64. The van der Waals surface area contributed by atoms with Gasteiger partial charge >= 0.3 is 0 Å². The van der Waals surface area contributed by atoms with Crippen molar-refractivity contribution in [3.8, 4) is 5.75 Å². The van der Waals surface area contributed by atoms with Gasteiger partial charge in [0, 0.05) is 25.8 Å². The zero-order chi connectivity index (χ0) is 12.8. The molecule has 2 N–H and O–H groups in total. The summed E-state index contributed by atoms with van der Waals surface area (Å²) in [4.78, 5) is 11.9. The molecule has 0 unspecified atom stereocenters. The Bertz CT molecular complexity index is 421. The molecule has 0 aliphatic carbocycles. The Morgan fingerprint density at radius 1 is 1.56 bits per heavy atom. The molecule has 0 fully saturated rings. The molecule has 0 radical (unpaired) electrons. The van der Waals surface area contributed by atoms with E-state index in [0.29, 0.717) is 31.9 Å². The molecule has 0 amide bonds. The molecule has 0 atom stereocenters. The van der Waals surface area contributed by atoms with Gasteiger partial charge in [-0.2, -0.15) is 0 Å².